The largest absolute Gasteiger partial charge is 0.251 e. The third-order valence-electron chi connectivity index (χ3n) is 5.32. The van der Waals surface area contributed by atoms with Gasteiger partial charge >= 0.3 is 0 Å². The van der Waals surface area contributed by atoms with Crippen LogP contribution in [0.15, 0.2) is 52.4 Å². The van der Waals surface area contributed by atoms with Crippen LogP contribution >= 0.6 is 0 Å². The molecule has 0 aliphatic rings. The van der Waals surface area contributed by atoms with Crippen LogP contribution < -0.4 is 0 Å². The fourth-order valence-corrected chi connectivity index (χ4v) is 3.99. The zero-order chi connectivity index (χ0) is 22.0. The Hall–Kier alpha value is -3.07. The maximum absolute atomic E-state index is 4.91. The van der Waals surface area contributed by atoms with Crippen LogP contribution in [0.4, 0.5) is 11.4 Å². The van der Waals surface area contributed by atoms with Crippen LogP contribution in [0, 0.1) is 41.5 Å². The van der Waals surface area contributed by atoms with Crippen molar-refractivity contribution in [1.82, 2.24) is 4.98 Å². The third-order valence-corrected chi connectivity index (χ3v) is 5.32. The lowest BCUT2D eigenvalue weighted by atomic mass is 10.0. The predicted molar refractivity (Wildman–Crippen MR) is 129 cm³/mol. The van der Waals surface area contributed by atoms with Crippen LogP contribution in [-0.4, -0.2) is 16.4 Å². The van der Waals surface area contributed by atoms with Gasteiger partial charge in [0, 0.05) is 0 Å². The molecule has 0 aliphatic carbocycles. The average molecular weight is 398 g/mol. The molecule has 30 heavy (non-hydrogen) atoms. The van der Waals surface area contributed by atoms with Crippen LogP contribution in [0.1, 0.15) is 58.6 Å². The first-order valence-electron chi connectivity index (χ1n) is 10.4. The molecule has 0 fully saturated rings. The van der Waals surface area contributed by atoms with Gasteiger partial charge in [-0.3, -0.25) is 9.98 Å². The Bertz CT molecular complexity index is 1030. The van der Waals surface area contributed by atoms with Crippen molar-refractivity contribution in [2.75, 3.05) is 0 Å². The van der Waals surface area contributed by atoms with Gasteiger partial charge in [-0.05, 0) is 89.8 Å². The molecule has 1 heterocycles. The topological polar surface area (TPSA) is 37.6 Å². The number of rotatable bonds is 4. The van der Waals surface area contributed by atoms with E-state index in [-0.39, 0.29) is 0 Å². The molecule has 0 amide bonds. The third kappa shape index (κ3) is 4.73. The van der Waals surface area contributed by atoms with Crippen molar-refractivity contribution in [3.8, 4) is 0 Å². The Balaban J connectivity index is 1.99. The lowest BCUT2D eigenvalue weighted by Crippen LogP contribution is -2.05. The highest BCUT2D eigenvalue weighted by molar-refractivity contribution is 6.02. The first-order chi connectivity index (χ1) is 14.2. The highest BCUT2D eigenvalue weighted by Crippen LogP contribution is 2.27. The molecular formula is C27H31N3. The number of benzene rings is 2. The van der Waals surface area contributed by atoms with Crippen molar-refractivity contribution in [2.45, 2.75) is 55.4 Å². The predicted octanol–water partition coefficient (Wildman–Crippen LogP) is 7.21. The number of aryl methyl sites for hydroxylation is 6. The van der Waals surface area contributed by atoms with Gasteiger partial charge in [-0.1, -0.05) is 41.5 Å². The number of aromatic nitrogens is 1. The number of pyridine rings is 1. The lowest BCUT2D eigenvalue weighted by Gasteiger charge is -2.10. The zero-order valence-electron chi connectivity index (χ0n) is 19.4. The van der Waals surface area contributed by atoms with E-state index < -0.39 is 0 Å². The van der Waals surface area contributed by atoms with E-state index in [1.54, 1.807) is 0 Å². The highest BCUT2D eigenvalue weighted by Gasteiger charge is 2.09. The van der Waals surface area contributed by atoms with E-state index >= 15 is 0 Å². The Morgan fingerprint density at radius 2 is 0.933 bits per heavy atom. The number of aliphatic imine (C=N–C) groups is 2. The molecule has 0 N–H and O–H groups in total. The van der Waals surface area contributed by atoms with Gasteiger partial charge in [0.25, 0.3) is 0 Å². The van der Waals surface area contributed by atoms with Crippen LogP contribution in [-0.2, 0) is 0 Å². The van der Waals surface area contributed by atoms with E-state index in [2.05, 4.69) is 65.8 Å². The summed E-state index contributed by atoms with van der Waals surface area (Å²) in [6.07, 6.45) is 0. The van der Waals surface area contributed by atoms with Crippen molar-refractivity contribution < 1.29 is 0 Å². The van der Waals surface area contributed by atoms with E-state index in [9.17, 15) is 0 Å². The molecule has 3 nitrogen and oxygen atoms in total. The fourth-order valence-electron chi connectivity index (χ4n) is 3.99. The first-order valence-corrected chi connectivity index (χ1v) is 10.4. The summed E-state index contributed by atoms with van der Waals surface area (Å²) in [5.41, 5.74) is 12.9. The molecule has 3 rings (SSSR count). The summed E-state index contributed by atoms with van der Waals surface area (Å²) in [5, 5.41) is 0. The zero-order valence-corrected chi connectivity index (χ0v) is 19.4. The Morgan fingerprint density at radius 1 is 0.600 bits per heavy atom. The van der Waals surface area contributed by atoms with Gasteiger partial charge in [0.1, 0.15) is 0 Å². The number of hydrogen-bond donors (Lipinski definition) is 0. The summed E-state index contributed by atoms with van der Waals surface area (Å²) in [6, 6.07) is 14.7. The van der Waals surface area contributed by atoms with E-state index in [4.69, 9.17) is 15.0 Å². The van der Waals surface area contributed by atoms with Crippen LogP contribution in [0.3, 0.4) is 0 Å². The van der Waals surface area contributed by atoms with Gasteiger partial charge in [-0.15, -0.1) is 0 Å². The van der Waals surface area contributed by atoms with Gasteiger partial charge in [0.05, 0.1) is 34.2 Å². The SMILES string of the molecule is CC(=Nc1c(C)cc(C)cc1C)c1cccc(C(C)=Nc2c(C)cc(C)cc2C)n1. The molecule has 0 spiro atoms. The molecule has 1 aromatic heterocycles. The number of nitrogens with zero attached hydrogens (tertiary/aromatic N) is 3. The molecule has 0 saturated carbocycles. The summed E-state index contributed by atoms with van der Waals surface area (Å²) in [6.45, 7) is 16.7. The van der Waals surface area contributed by atoms with Crippen molar-refractivity contribution >= 4 is 22.8 Å². The van der Waals surface area contributed by atoms with Crippen molar-refractivity contribution in [3.63, 3.8) is 0 Å². The molecule has 3 aromatic rings. The van der Waals surface area contributed by atoms with E-state index in [1.165, 1.54) is 33.4 Å². The Labute approximate surface area is 180 Å². The highest BCUT2D eigenvalue weighted by atomic mass is 14.8. The van der Waals surface area contributed by atoms with Crippen molar-refractivity contribution in [1.29, 1.82) is 0 Å². The van der Waals surface area contributed by atoms with Gasteiger partial charge < -0.3 is 0 Å². The molecule has 0 aliphatic heterocycles. The maximum Gasteiger partial charge on any atom is 0.0849 e. The lowest BCUT2D eigenvalue weighted by molar-refractivity contribution is 1.22. The summed E-state index contributed by atoms with van der Waals surface area (Å²) in [4.78, 5) is 14.7. The smallest absolute Gasteiger partial charge is 0.0849 e. The van der Waals surface area contributed by atoms with Crippen LogP contribution in [0.25, 0.3) is 0 Å². The average Bonchev–Trinajstić information content (AvgIpc) is 2.67. The molecule has 2 aromatic carbocycles. The van der Waals surface area contributed by atoms with Crippen molar-refractivity contribution in [2.24, 2.45) is 9.98 Å². The summed E-state index contributed by atoms with van der Waals surface area (Å²) in [5.74, 6) is 0. The quantitative estimate of drug-likeness (QED) is 0.428. The molecule has 0 atom stereocenters. The fraction of sp³-hybridized carbons (Fsp3) is 0.296. The van der Waals surface area contributed by atoms with Gasteiger partial charge in [0.15, 0.2) is 0 Å². The van der Waals surface area contributed by atoms with Crippen LogP contribution in [0.2, 0.25) is 0 Å². The first kappa shape index (κ1) is 21.6. The van der Waals surface area contributed by atoms with E-state index in [0.717, 1.165) is 34.2 Å². The van der Waals surface area contributed by atoms with E-state index in [1.807, 2.05) is 32.0 Å². The molecule has 154 valence electrons. The maximum atomic E-state index is 4.91. The van der Waals surface area contributed by atoms with Crippen LogP contribution in [0.5, 0.6) is 0 Å². The summed E-state index contributed by atoms with van der Waals surface area (Å²) < 4.78 is 0. The minimum absolute atomic E-state index is 0.874. The minimum Gasteiger partial charge on any atom is -0.251 e. The summed E-state index contributed by atoms with van der Waals surface area (Å²) >= 11 is 0. The molecule has 0 radical (unpaired) electrons. The molecule has 0 saturated heterocycles. The monoisotopic (exact) mass is 397 g/mol. The summed E-state index contributed by atoms with van der Waals surface area (Å²) in [7, 11) is 0. The number of hydrogen-bond acceptors (Lipinski definition) is 3. The standard InChI is InChI=1S/C27H31N3/c1-16-12-18(3)26(19(4)13-16)28-22(7)24-10-9-11-25(30-24)23(8)29-27-20(5)14-17(2)15-21(27)6/h9-15H,1-8H3. The van der Waals surface area contributed by atoms with E-state index in [0.29, 0.717) is 0 Å². The molecular weight excluding hydrogens is 366 g/mol. The van der Waals surface area contributed by atoms with Gasteiger partial charge in [0.2, 0.25) is 0 Å². The second kappa shape index (κ2) is 8.74. The van der Waals surface area contributed by atoms with Gasteiger partial charge in [-0.2, -0.15) is 0 Å². The Kier molecular flexibility index (Phi) is 6.31. The second-order valence-corrected chi connectivity index (χ2v) is 8.30. The molecule has 3 heteroatoms. The molecule has 0 unspecified atom stereocenters. The van der Waals surface area contributed by atoms with Crippen molar-refractivity contribution in [3.05, 3.63) is 87.2 Å². The van der Waals surface area contributed by atoms with Gasteiger partial charge in [-0.25, -0.2) is 4.98 Å². The molecule has 0 bridgehead atoms. The minimum atomic E-state index is 0.874. The normalized spacial score (nSPS) is 12.4. The second-order valence-electron chi connectivity index (χ2n) is 8.30. The Morgan fingerprint density at radius 3 is 1.27 bits per heavy atom.